The summed E-state index contributed by atoms with van der Waals surface area (Å²) in [5.74, 6) is -1.36. The first kappa shape index (κ1) is 63.2. The van der Waals surface area contributed by atoms with Crippen LogP contribution in [-0.2, 0) is 41.8 Å². The second-order valence-electron chi connectivity index (χ2n) is 16.6. The lowest BCUT2D eigenvalue weighted by Gasteiger charge is -2.43. The molecule has 1 saturated carbocycles. The number of aliphatic hydroxyl groups is 5. The van der Waals surface area contributed by atoms with Gasteiger partial charge in [0.2, 0.25) is 0 Å². The Balaban J connectivity index is 2.67. The standard InChI is InChI=1S/C49H82O17P2/c1-3-5-6-7-8-9-10-11-12-13-14-18-21-24-27-30-33-36-42(51)62-38-41(39-63-68(60,61)66-49-46(55)44(53)45(54)48(47(49)56)65-67(57,58)59)64-43(52)37-34-31-28-25-22-19-16-15-17-20-23-26-29-32-35-40(50)4-2/h11-12,14,16-20,24-29,40-41,44-50,53-56H,3-10,13,15,21-23,30-39H2,1-2H3,(H,60,61)(H2,57,58,59)/b12-11-,18-14-,19-16-,20-17-,27-24-,28-25-,29-26-/t40-,41-,44?,45?,46?,47?,48-,49+/m1/s1. The van der Waals surface area contributed by atoms with E-state index in [2.05, 4.69) is 60.1 Å². The molecule has 1 rings (SSSR count). The van der Waals surface area contributed by atoms with Crippen molar-refractivity contribution < 1.29 is 82.0 Å². The van der Waals surface area contributed by atoms with Gasteiger partial charge < -0.3 is 49.7 Å². The minimum atomic E-state index is -5.38. The highest BCUT2D eigenvalue weighted by molar-refractivity contribution is 7.47. The molecule has 0 radical (unpaired) electrons. The Hall–Kier alpha value is -2.86. The van der Waals surface area contributed by atoms with E-state index in [1.165, 1.54) is 38.5 Å². The van der Waals surface area contributed by atoms with Crippen molar-refractivity contribution in [2.24, 2.45) is 0 Å². The molecular weight excluding hydrogens is 922 g/mol. The first-order valence-corrected chi connectivity index (χ1v) is 27.2. The van der Waals surface area contributed by atoms with E-state index in [-0.39, 0.29) is 18.9 Å². The molecule has 9 atom stereocenters. The minimum Gasteiger partial charge on any atom is -0.462 e. The summed E-state index contributed by atoms with van der Waals surface area (Å²) in [6, 6.07) is 0. The molecule has 0 bridgehead atoms. The summed E-state index contributed by atoms with van der Waals surface area (Å²) in [4.78, 5) is 54.3. The zero-order valence-corrected chi connectivity index (χ0v) is 41.9. The molecule has 19 heteroatoms. The summed E-state index contributed by atoms with van der Waals surface area (Å²) in [5, 5.41) is 50.8. The Morgan fingerprint density at radius 3 is 1.47 bits per heavy atom. The first-order chi connectivity index (χ1) is 32.5. The van der Waals surface area contributed by atoms with Crippen LogP contribution in [0.25, 0.3) is 0 Å². The number of aliphatic hydroxyl groups excluding tert-OH is 5. The van der Waals surface area contributed by atoms with Crippen LogP contribution in [0.1, 0.15) is 149 Å². The molecular formula is C49H82O17P2. The predicted octanol–water partition coefficient (Wildman–Crippen LogP) is 8.36. The number of carbonyl (C=O) groups excluding carboxylic acids is 2. The monoisotopic (exact) mass is 1000 g/mol. The minimum absolute atomic E-state index is 0.0261. The number of allylic oxidation sites excluding steroid dienone is 14. The van der Waals surface area contributed by atoms with E-state index in [4.69, 9.17) is 18.5 Å². The molecule has 5 unspecified atom stereocenters. The molecule has 0 aromatic rings. The topological polar surface area (TPSA) is 276 Å². The van der Waals surface area contributed by atoms with Gasteiger partial charge in [0.05, 0.1) is 12.7 Å². The molecule has 0 amide bonds. The molecule has 0 aromatic carbocycles. The molecule has 1 fully saturated rings. The van der Waals surface area contributed by atoms with Gasteiger partial charge in [-0.1, -0.05) is 131 Å². The van der Waals surface area contributed by atoms with Gasteiger partial charge in [0.15, 0.2) is 6.10 Å². The third-order valence-corrected chi connectivity index (χ3v) is 12.1. The maximum atomic E-state index is 13.0. The number of carbonyl (C=O) groups is 2. The molecule has 0 aliphatic heterocycles. The van der Waals surface area contributed by atoms with Crippen molar-refractivity contribution in [1.82, 2.24) is 0 Å². The fourth-order valence-electron chi connectivity index (χ4n) is 6.66. The lowest BCUT2D eigenvalue weighted by atomic mass is 9.85. The maximum absolute atomic E-state index is 13.0. The smallest absolute Gasteiger partial charge is 0.462 e. The van der Waals surface area contributed by atoms with Crippen LogP contribution in [0.2, 0.25) is 0 Å². The highest BCUT2D eigenvalue weighted by Gasteiger charge is 2.54. The van der Waals surface area contributed by atoms with Gasteiger partial charge in [0, 0.05) is 12.8 Å². The molecule has 0 heterocycles. The van der Waals surface area contributed by atoms with Gasteiger partial charge in [0.1, 0.15) is 43.2 Å². The molecule has 0 spiro atoms. The van der Waals surface area contributed by atoms with Crippen molar-refractivity contribution in [1.29, 1.82) is 0 Å². The zero-order valence-electron chi connectivity index (χ0n) is 40.1. The van der Waals surface area contributed by atoms with Crippen molar-refractivity contribution in [2.45, 2.75) is 198 Å². The van der Waals surface area contributed by atoms with Gasteiger partial charge in [-0.2, -0.15) is 0 Å². The number of hydrogen-bond acceptors (Lipinski definition) is 14. The number of rotatable bonds is 39. The van der Waals surface area contributed by atoms with E-state index < -0.39 is 83.5 Å². The Kier molecular flexibility index (Phi) is 36.1. The summed E-state index contributed by atoms with van der Waals surface area (Å²) >= 11 is 0. The Morgan fingerprint density at radius 2 is 0.971 bits per heavy atom. The second kappa shape index (κ2) is 38.8. The first-order valence-electron chi connectivity index (χ1n) is 24.2. The van der Waals surface area contributed by atoms with Crippen molar-refractivity contribution in [3.63, 3.8) is 0 Å². The predicted molar refractivity (Wildman–Crippen MR) is 261 cm³/mol. The molecule has 1 aliphatic rings. The number of phosphoric ester groups is 2. The van der Waals surface area contributed by atoms with Crippen LogP contribution in [0.3, 0.4) is 0 Å². The SMILES string of the molecule is CCCCCCCC/C=C\C/C=C\C/C=C\CCCC(=O)OC[C@H](COP(=O)(O)O[C@H]1C(O)C(O)C(O)[C@@H](OP(=O)(O)O)C1O)OC(=O)CCC/C=C\C/C=C\C/C=C\C/C=C\CC[C@H](O)CC. The van der Waals surface area contributed by atoms with Gasteiger partial charge in [-0.25, -0.2) is 9.13 Å². The second-order valence-corrected chi connectivity index (χ2v) is 19.2. The van der Waals surface area contributed by atoms with E-state index in [0.29, 0.717) is 32.1 Å². The van der Waals surface area contributed by atoms with Gasteiger partial charge in [-0.15, -0.1) is 0 Å². The summed E-state index contributed by atoms with van der Waals surface area (Å²) in [6.07, 6.45) is 30.7. The Bertz CT molecular complexity index is 1650. The average Bonchev–Trinajstić information content (AvgIpc) is 3.29. The van der Waals surface area contributed by atoms with E-state index in [9.17, 15) is 58.9 Å². The number of esters is 2. The Labute approximate surface area is 404 Å². The normalized spacial score (nSPS) is 22.4. The van der Waals surface area contributed by atoms with E-state index in [1.807, 2.05) is 43.4 Å². The average molecular weight is 1010 g/mol. The quantitative estimate of drug-likeness (QED) is 0.0124. The lowest BCUT2D eigenvalue weighted by molar-refractivity contribution is -0.216. The number of hydrogen-bond donors (Lipinski definition) is 8. The molecule has 8 N–H and O–H groups in total. The highest BCUT2D eigenvalue weighted by Crippen LogP contribution is 2.49. The fraction of sp³-hybridized carbons (Fsp3) is 0.673. The number of unbranched alkanes of at least 4 members (excludes halogenated alkanes) is 8. The molecule has 0 aromatic heterocycles. The van der Waals surface area contributed by atoms with Crippen LogP contribution < -0.4 is 0 Å². The third kappa shape index (κ3) is 32.9. The largest absolute Gasteiger partial charge is 0.472 e. The summed E-state index contributed by atoms with van der Waals surface area (Å²) in [5.41, 5.74) is 0. The van der Waals surface area contributed by atoms with Crippen LogP contribution in [0.4, 0.5) is 0 Å². The van der Waals surface area contributed by atoms with Crippen LogP contribution in [-0.4, -0.2) is 114 Å². The van der Waals surface area contributed by atoms with Crippen LogP contribution in [0.5, 0.6) is 0 Å². The van der Waals surface area contributed by atoms with Gasteiger partial charge in [0.25, 0.3) is 0 Å². The zero-order chi connectivity index (χ0) is 50.5. The summed E-state index contributed by atoms with van der Waals surface area (Å²) in [6.45, 7) is 2.73. The third-order valence-electron chi connectivity index (χ3n) is 10.6. The maximum Gasteiger partial charge on any atom is 0.472 e. The van der Waals surface area contributed by atoms with Crippen molar-refractivity contribution in [3.05, 3.63) is 85.1 Å². The molecule has 17 nitrogen and oxygen atoms in total. The van der Waals surface area contributed by atoms with E-state index in [1.54, 1.807) is 0 Å². The molecule has 68 heavy (non-hydrogen) atoms. The Morgan fingerprint density at radius 1 is 0.529 bits per heavy atom. The van der Waals surface area contributed by atoms with Crippen LogP contribution >= 0.6 is 15.6 Å². The van der Waals surface area contributed by atoms with Crippen molar-refractivity contribution >= 4 is 27.6 Å². The van der Waals surface area contributed by atoms with Gasteiger partial charge in [-0.05, 0) is 89.9 Å². The van der Waals surface area contributed by atoms with E-state index >= 15 is 0 Å². The number of phosphoric acid groups is 2. The number of ether oxygens (including phenoxy) is 2. The molecule has 0 saturated heterocycles. The van der Waals surface area contributed by atoms with Gasteiger partial charge >= 0.3 is 27.6 Å². The van der Waals surface area contributed by atoms with Crippen molar-refractivity contribution in [2.75, 3.05) is 13.2 Å². The van der Waals surface area contributed by atoms with Crippen LogP contribution in [0, 0.1) is 0 Å². The molecule has 1 aliphatic carbocycles. The highest BCUT2D eigenvalue weighted by atomic mass is 31.2. The summed E-state index contributed by atoms with van der Waals surface area (Å²) in [7, 11) is -10.7. The summed E-state index contributed by atoms with van der Waals surface area (Å²) < 4.78 is 49.2. The van der Waals surface area contributed by atoms with Gasteiger partial charge in [-0.3, -0.25) is 23.2 Å². The van der Waals surface area contributed by atoms with E-state index in [0.717, 1.165) is 51.4 Å². The fourth-order valence-corrected chi connectivity index (χ4v) is 8.20. The lowest BCUT2D eigenvalue weighted by Crippen LogP contribution is -2.64. The van der Waals surface area contributed by atoms with Crippen molar-refractivity contribution in [3.8, 4) is 0 Å². The molecule has 390 valence electrons. The van der Waals surface area contributed by atoms with Crippen LogP contribution in [0.15, 0.2) is 85.1 Å².